The van der Waals surface area contributed by atoms with E-state index in [1.165, 1.54) is 5.56 Å². The average molecular weight is 347 g/mol. The molecule has 2 rings (SSSR count). The third-order valence-electron chi connectivity index (χ3n) is 3.32. The van der Waals surface area contributed by atoms with E-state index in [1.807, 2.05) is 12.1 Å². The lowest BCUT2D eigenvalue weighted by Crippen LogP contribution is -2.25. The Morgan fingerprint density at radius 2 is 1.76 bits per heavy atom. The Balaban J connectivity index is 2.09. The van der Waals surface area contributed by atoms with Crippen molar-refractivity contribution in [3.05, 3.63) is 64.4 Å². The molecule has 0 radical (unpaired) electrons. The summed E-state index contributed by atoms with van der Waals surface area (Å²) in [5.41, 5.74) is 2.67. The Bertz CT molecular complexity index is 561. The molecule has 2 aromatic rings. The average Bonchev–Trinajstić information content (AvgIpc) is 2.43. The fourth-order valence-corrected chi connectivity index (χ4v) is 2.76. The van der Waals surface area contributed by atoms with Crippen molar-refractivity contribution >= 4 is 15.9 Å². The van der Waals surface area contributed by atoms with E-state index < -0.39 is 0 Å². The molecule has 3 heteroatoms. The number of nitrogens with zero attached hydrogens (tertiary/aromatic N) is 1. The summed E-state index contributed by atoms with van der Waals surface area (Å²) in [7, 11) is 0. The van der Waals surface area contributed by atoms with Crippen molar-refractivity contribution in [2.45, 2.75) is 39.8 Å². The molecule has 0 spiro atoms. The number of benzene rings is 1. The summed E-state index contributed by atoms with van der Waals surface area (Å²) in [5, 5.41) is 3.65. The molecule has 1 aromatic carbocycles. The number of halogens is 1. The van der Waals surface area contributed by atoms with E-state index in [2.05, 4.69) is 83.4 Å². The molecule has 1 atom stereocenters. The summed E-state index contributed by atoms with van der Waals surface area (Å²) in [6.45, 7) is 7.61. The summed E-state index contributed by atoms with van der Waals surface area (Å²) in [6, 6.07) is 17.0. The smallest absolute Gasteiger partial charge is 0.106 e. The van der Waals surface area contributed by atoms with Crippen LogP contribution in [-0.2, 0) is 6.54 Å². The number of aromatic nitrogens is 1. The molecule has 112 valence electrons. The molecule has 0 aliphatic heterocycles. The van der Waals surface area contributed by atoms with Gasteiger partial charge < -0.3 is 5.32 Å². The minimum Gasteiger partial charge on any atom is -0.304 e. The van der Waals surface area contributed by atoms with Crippen molar-refractivity contribution in [3.8, 4) is 0 Å². The summed E-state index contributed by atoms with van der Waals surface area (Å²) >= 11 is 3.42. The molecule has 0 fully saturated rings. The highest BCUT2D eigenvalue weighted by atomic mass is 79.9. The zero-order chi connectivity index (χ0) is 15.3. The third kappa shape index (κ3) is 5.60. The third-order valence-corrected chi connectivity index (χ3v) is 3.76. The van der Waals surface area contributed by atoms with Crippen LogP contribution in [0.5, 0.6) is 0 Å². The van der Waals surface area contributed by atoms with Crippen LogP contribution in [0.1, 0.15) is 44.5 Å². The SMILES string of the molecule is CC(C)(C)CC(NCc1cccc(Br)n1)c1ccccc1. The Kier molecular flexibility index (Phi) is 5.54. The molecule has 0 bridgehead atoms. The van der Waals surface area contributed by atoms with Crippen LogP contribution in [0, 0.1) is 5.41 Å². The van der Waals surface area contributed by atoms with Gasteiger partial charge in [0.25, 0.3) is 0 Å². The Hall–Kier alpha value is -1.19. The maximum atomic E-state index is 4.49. The molecule has 0 saturated carbocycles. The van der Waals surface area contributed by atoms with E-state index in [4.69, 9.17) is 0 Å². The van der Waals surface area contributed by atoms with Gasteiger partial charge in [-0.25, -0.2) is 4.98 Å². The highest BCUT2D eigenvalue weighted by Gasteiger charge is 2.19. The lowest BCUT2D eigenvalue weighted by Gasteiger charge is -2.27. The molecule has 1 N–H and O–H groups in total. The predicted molar refractivity (Wildman–Crippen MR) is 92.0 cm³/mol. The van der Waals surface area contributed by atoms with Gasteiger partial charge in [0.2, 0.25) is 0 Å². The van der Waals surface area contributed by atoms with E-state index in [9.17, 15) is 0 Å². The van der Waals surface area contributed by atoms with Crippen LogP contribution in [0.25, 0.3) is 0 Å². The van der Waals surface area contributed by atoms with Crippen molar-refractivity contribution in [1.82, 2.24) is 10.3 Å². The predicted octanol–water partition coefficient (Wildman–Crippen LogP) is 5.11. The van der Waals surface area contributed by atoms with Crippen LogP contribution in [0.4, 0.5) is 0 Å². The van der Waals surface area contributed by atoms with Crippen LogP contribution in [0.3, 0.4) is 0 Å². The second-order valence-electron chi connectivity index (χ2n) is 6.56. The van der Waals surface area contributed by atoms with E-state index in [0.29, 0.717) is 6.04 Å². The van der Waals surface area contributed by atoms with Gasteiger partial charge in [-0.1, -0.05) is 57.2 Å². The molecule has 0 aliphatic carbocycles. The maximum absolute atomic E-state index is 4.49. The summed E-state index contributed by atoms with van der Waals surface area (Å²) in [4.78, 5) is 4.49. The number of hydrogen-bond donors (Lipinski definition) is 1. The molecule has 0 amide bonds. The van der Waals surface area contributed by atoms with Gasteiger partial charge in [0, 0.05) is 12.6 Å². The fourth-order valence-electron chi connectivity index (χ4n) is 2.38. The monoisotopic (exact) mass is 346 g/mol. The normalized spacial score (nSPS) is 13.1. The molecule has 1 unspecified atom stereocenters. The minimum atomic E-state index is 0.276. The molecular formula is C18H23BrN2. The fraction of sp³-hybridized carbons (Fsp3) is 0.389. The molecular weight excluding hydrogens is 324 g/mol. The molecule has 0 saturated heterocycles. The zero-order valence-electron chi connectivity index (χ0n) is 12.9. The number of nitrogens with one attached hydrogen (secondary N) is 1. The van der Waals surface area contributed by atoms with Crippen molar-refractivity contribution in [2.24, 2.45) is 5.41 Å². The van der Waals surface area contributed by atoms with Crippen molar-refractivity contribution < 1.29 is 0 Å². The molecule has 1 aromatic heterocycles. The Labute approximate surface area is 136 Å². The van der Waals surface area contributed by atoms with E-state index in [0.717, 1.165) is 23.3 Å². The summed E-state index contributed by atoms with van der Waals surface area (Å²) < 4.78 is 0.883. The van der Waals surface area contributed by atoms with Crippen LogP contribution < -0.4 is 5.32 Å². The summed E-state index contributed by atoms with van der Waals surface area (Å²) in [6.07, 6.45) is 1.09. The highest BCUT2D eigenvalue weighted by Crippen LogP contribution is 2.29. The molecule has 0 aliphatic rings. The second-order valence-corrected chi connectivity index (χ2v) is 7.37. The number of rotatable bonds is 5. The van der Waals surface area contributed by atoms with Crippen LogP contribution in [-0.4, -0.2) is 4.98 Å². The quantitative estimate of drug-likeness (QED) is 0.760. The molecule has 1 heterocycles. The highest BCUT2D eigenvalue weighted by molar-refractivity contribution is 9.10. The van der Waals surface area contributed by atoms with Gasteiger partial charge in [0.1, 0.15) is 4.60 Å². The largest absolute Gasteiger partial charge is 0.304 e. The van der Waals surface area contributed by atoms with Gasteiger partial charge in [-0.15, -0.1) is 0 Å². The molecule has 2 nitrogen and oxygen atoms in total. The van der Waals surface area contributed by atoms with Crippen LogP contribution in [0.2, 0.25) is 0 Å². The van der Waals surface area contributed by atoms with Crippen molar-refractivity contribution in [3.63, 3.8) is 0 Å². The van der Waals surface area contributed by atoms with Gasteiger partial charge >= 0.3 is 0 Å². The Morgan fingerprint density at radius 1 is 1.05 bits per heavy atom. The van der Waals surface area contributed by atoms with Crippen molar-refractivity contribution in [1.29, 1.82) is 0 Å². The van der Waals surface area contributed by atoms with E-state index in [-0.39, 0.29) is 5.41 Å². The first-order chi connectivity index (χ1) is 9.94. The van der Waals surface area contributed by atoms with Crippen LogP contribution in [0.15, 0.2) is 53.1 Å². The first-order valence-electron chi connectivity index (χ1n) is 7.34. The second kappa shape index (κ2) is 7.19. The lowest BCUT2D eigenvalue weighted by atomic mass is 9.85. The minimum absolute atomic E-state index is 0.276. The molecule has 21 heavy (non-hydrogen) atoms. The van der Waals surface area contributed by atoms with Crippen molar-refractivity contribution in [2.75, 3.05) is 0 Å². The van der Waals surface area contributed by atoms with Gasteiger partial charge in [-0.2, -0.15) is 0 Å². The van der Waals surface area contributed by atoms with Gasteiger partial charge in [-0.05, 0) is 45.5 Å². The van der Waals surface area contributed by atoms with Crippen LogP contribution >= 0.6 is 15.9 Å². The zero-order valence-corrected chi connectivity index (χ0v) is 14.5. The Morgan fingerprint density at radius 3 is 2.38 bits per heavy atom. The standard InChI is InChI=1S/C18H23BrN2/c1-18(2,3)12-16(14-8-5-4-6-9-14)20-13-15-10-7-11-17(19)21-15/h4-11,16,20H,12-13H2,1-3H3. The van der Waals surface area contributed by atoms with E-state index >= 15 is 0 Å². The van der Waals surface area contributed by atoms with Gasteiger partial charge in [-0.3, -0.25) is 0 Å². The summed E-state index contributed by atoms with van der Waals surface area (Å²) in [5.74, 6) is 0. The van der Waals surface area contributed by atoms with Gasteiger partial charge in [0.15, 0.2) is 0 Å². The number of pyridine rings is 1. The first kappa shape index (κ1) is 16.2. The first-order valence-corrected chi connectivity index (χ1v) is 8.13. The van der Waals surface area contributed by atoms with Gasteiger partial charge in [0.05, 0.1) is 5.69 Å². The maximum Gasteiger partial charge on any atom is 0.106 e. The lowest BCUT2D eigenvalue weighted by molar-refractivity contribution is 0.309. The van der Waals surface area contributed by atoms with E-state index in [1.54, 1.807) is 0 Å². The topological polar surface area (TPSA) is 24.9 Å². The number of hydrogen-bond acceptors (Lipinski definition) is 2.